The van der Waals surface area contributed by atoms with Gasteiger partial charge in [-0.2, -0.15) is 5.26 Å². The van der Waals surface area contributed by atoms with E-state index in [-0.39, 0.29) is 13.2 Å². The lowest BCUT2D eigenvalue weighted by atomic mass is 10.1. The molecule has 0 fully saturated rings. The molecule has 0 atom stereocenters. The molecule has 0 aromatic carbocycles. The molecule has 0 amide bonds. The Hall–Kier alpha value is -1.64. The minimum Gasteiger partial charge on any atom is -0.394 e. The normalized spacial score (nSPS) is 10.8. The first-order chi connectivity index (χ1) is 7.13. The zero-order valence-electron chi connectivity index (χ0n) is 8.44. The number of hydrogen-bond donors (Lipinski definition) is 3. The molecule has 5 heteroatoms. The van der Waals surface area contributed by atoms with Crippen molar-refractivity contribution < 1.29 is 10.2 Å². The third kappa shape index (κ3) is 2.91. The van der Waals surface area contributed by atoms with E-state index in [2.05, 4.69) is 10.3 Å². The number of nitrogens with zero attached hydrogens (tertiary/aromatic N) is 2. The molecule has 80 valence electrons. The summed E-state index contributed by atoms with van der Waals surface area (Å²) >= 11 is 0. The van der Waals surface area contributed by atoms with Crippen molar-refractivity contribution in [2.45, 2.75) is 12.5 Å². The van der Waals surface area contributed by atoms with Gasteiger partial charge in [0.15, 0.2) is 0 Å². The third-order valence-electron chi connectivity index (χ3n) is 2.02. The van der Waals surface area contributed by atoms with Crippen molar-refractivity contribution in [3.8, 4) is 6.07 Å². The Morgan fingerprint density at radius 3 is 2.73 bits per heavy atom. The van der Waals surface area contributed by atoms with E-state index in [1.165, 1.54) is 6.20 Å². The molecule has 0 bridgehead atoms. The van der Waals surface area contributed by atoms with Crippen molar-refractivity contribution in [2.75, 3.05) is 18.5 Å². The van der Waals surface area contributed by atoms with Gasteiger partial charge in [0.05, 0.1) is 30.4 Å². The Morgan fingerprint density at radius 1 is 1.53 bits per heavy atom. The van der Waals surface area contributed by atoms with Gasteiger partial charge in [-0.05, 0) is 19.1 Å². The lowest BCUT2D eigenvalue weighted by Crippen LogP contribution is -2.42. The molecule has 0 aliphatic carbocycles. The molecule has 1 rings (SSSR count). The summed E-state index contributed by atoms with van der Waals surface area (Å²) in [5, 5.41) is 29.7. The Morgan fingerprint density at radius 2 is 2.20 bits per heavy atom. The molecular formula is C10H13N3O2. The van der Waals surface area contributed by atoms with Gasteiger partial charge in [0.25, 0.3) is 0 Å². The van der Waals surface area contributed by atoms with Gasteiger partial charge in [-0.25, -0.2) is 4.98 Å². The first-order valence-corrected chi connectivity index (χ1v) is 4.49. The summed E-state index contributed by atoms with van der Waals surface area (Å²) in [5.74, 6) is 0.458. The lowest BCUT2D eigenvalue weighted by Gasteiger charge is -2.26. The number of aromatic nitrogens is 1. The molecule has 1 aromatic heterocycles. The minimum absolute atomic E-state index is 0.220. The monoisotopic (exact) mass is 207 g/mol. The zero-order valence-corrected chi connectivity index (χ0v) is 8.44. The van der Waals surface area contributed by atoms with Crippen LogP contribution in [0.15, 0.2) is 18.3 Å². The van der Waals surface area contributed by atoms with Gasteiger partial charge in [-0.1, -0.05) is 0 Å². The van der Waals surface area contributed by atoms with Crippen LogP contribution in [-0.4, -0.2) is 33.9 Å². The Bertz CT molecular complexity index is 369. The van der Waals surface area contributed by atoms with Gasteiger partial charge in [0.1, 0.15) is 5.82 Å². The van der Waals surface area contributed by atoms with Crippen molar-refractivity contribution in [3.63, 3.8) is 0 Å². The van der Waals surface area contributed by atoms with Crippen LogP contribution in [0.2, 0.25) is 0 Å². The van der Waals surface area contributed by atoms with Crippen molar-refractivity contribution >= 4 is 5.82 Å². The first-order valence-electron chi connectivity index (χ1n) is 4.49. The number of rotatable bonds is 4. The molecule has 0 radical (unpaired) electrons. The fraction of sp³-hybridized carbons (Fsp3) is 0.400. The first kappa shape index (κ1) is 11.4. The largest absolute Gasteiger partial charge is 0.394 e. The van der Waals surface area contributed by atoms with E-state index in [0.717, 1.165) is 0 Å². The third-order valence-corrected chi connectivity index (χ3v) is 2.02. The topological polar surface area (TPSA) is 89.2 Å². The van der Waals surface area contributed by atoms with Crippen LogP contribution in [0.1, 0.15) is 12.5 Å². The number of anilines is 1. The maximum Gasteiger partial charge on any atom is 0.127 e. The Balaban J connectivity index is 2.85. The Kier molecular flexibility index (Phi) is 3.61. The number of pyridine rings is 1. The zero-order chi connectivity index (χ0) is 11.3. The SMILES string of the molecule is CC(CO)(CO)Nc1cc(C#N)ccn1. The van der Waals surface area contributed by atoms with Crippen LogP contribution in [0.4, 0.5) is 5.82 Å². The fourth-order valence-electron chi connectivity index (χ4n) is 1.01. The molecular weight excluding hydrogens is 194 g/mol. The van der Waals surface area contributed by atoms with Gasteiger partial charge in [0.2, 0.25) is 0 Å². The molecule has 0 saturated heterocycles. The van der Waals surface area contributed by atoms with E-state index in [1.54, 1.807) is 19.1 Å². The highest BCUT2D eigenvalue weighted by Gasteiger charge is 2.22. The molecule has 3 N–H and O–H groups in total. The maximum absolute atomic E-state index is 9.06. The van der Waals surface area contributed by atoms with E-state index in [4.69, 9.17) is 15.5 Å². The van der Waals surface area contributed by atoms with Crippen molar-refractivity contribution in [1.29, 1.82) is 5.26 Å². The molecule has 15 heavy (non-hydrogen) atoms. The fourth-order valence-corrected chi connectivity index (χ4v) is 1.01. The summed E-state index contributed by atoms with van der Waals surface area (Å²) in [6.07, 6.45) is 1.50. The van der Waals surface area contributed by atoms with Crippen molar-refractivity contribution in [1.82, 2.24) is 4.98 Å². The van der Waals surface area contributed by atoms with Gasteiger partial charge in [-0.15, -0.1) is 0 Å². The number of aliphatic hydroxyl groups is 2. The second-order valence-corrected chi connectivity index (χ2v) is 3.54. The standard InChI is InChI=1S/C10H13N3O2/c1-10(6-14,7-15)13-9-4-8(5-11)2-3-12-9/h2-4,14-15H,6-7H2,1H3,(H,12,13). The van der Waals surface area contributed by atoms with Crippen molar-refractivity contribution in [2.24, 2.45) is 0 Å². The van der Waals surface area contributed by atoms with E-state index in [9.17, 15) is 0 Å². The lowest BCUT2D eigenvalue weighted by molar-refractivity contribution is 0.147. The summed E-state index contributed by atoms with van der Waals surface area (Å²) in [4.78, 5) is 3.98. The van der Waals surface area contributed by atoms with Gasteiger partial charge >= 0.3 is 0 Å². The number of aliphatic hydroxyl groups excluding tert-OH is 2. The predicted octanol–water partition coefficient (Wildman–Crippen LogP) is 0.108. The molecule has 0 saturated carbocycles. The van der Waals surface area contributed by atoms with E-state index < -0.39 is 5.54 Å². The minimum atomic E-state index is -0.832. The summed E-state index contributed by atoms with van der Waals surface area (Å²) in [5.41, 5.74) is -0.355. The predicted molar refractivity (Wildman–Crippen MR) is 55.2 cm³/mol. The molecule has 1 heterocycles. The number of hydrogen-bond acceptors (Lipinski definition) is 5. The summed E-state index contributed by atoms with van der Waals surface area (Å²) in [6.45, 7) is 1.22. The molecule has 0 unspecified atom stereocenters. The van der Waals surface area contributed by atoms with E-state index >= 15 is 0 Å². The van der Waals surface area contributed by atoms with Crippen LogP contribution in [0.3, 0.4) is 0 Å². The van der Waals surface area contributed by atoms with Crippen LogP contribution >= 0.6 is 0 Å². The summed E-state index contributed by atoms with van der Waals surface area (Å²) in [7, 11) is 0. The number of nitrogens with one attached hydrogen (secondary N) is 1. The van der Waals surface area contributed by atoms with Crippen LogP contribution < -0.4 is 5.32 Å². The molecule has 1 aromatic rings. The highest BCUT2D eigenvalue weighted by Crippen LogP contribution is 2.13. The van der Waals surface area contributed by atoms with Gasteiger partial charge in [0, 0.05) is 6.20 Å². The molecule has 0 aliphatic heterocycles. The second-order valence-electron chi connectivity index (χ2n) is 3.54. The van der Waals surface area contributed by atoms with Crippen LogP contribution in [0.25, 0.3) is 0 Å². The molecule has 5 nitrogen and oxygen atoms in total. The summed E-state index contributed by atoms with van der Waals surface area (Å²) < 4.78 is 0. The molecule has 0 spiro atoms. The average Bonchev–Trinajstić information content (AvgIpc) is 2.29. The highest BCUT2D eigenvalue weighted by atomic mass is 16.3. The van der Waals surface area contributed by atoms with Crippen LogP contribution in [0.5, 0.6) is 0 Å². The number of nitriles is 1. The van der Waals surface area contributed by atoms with E-state index in [1.807, 2.05) is 6.07 Å². The van der Waals surface area contributed by atoms with Gasteiger partial charge in [-0.3, -0.25) is 0 Å². The maximum atomic E-state index is 9.06. The summed E-state index contributed by atoms with van der Waals surface area (Å²) in [6, 6.07) is 5.13. The second kappa shape index (κ2) is 4.73. The van der Waals surface area contributed by atoms with Crippen molar-refractivity contribution in [3.05, 3.63) is 23.9 Å². The van der Waals surface area contributed by atoms with Crippen LogP contribution in [0, 0.1) is 11.3 Å². The quantitative estimate of drug-likeness (QED) is 0.652. The molecule has 0 aliphatic rings. The highest BCUT2D eigenvalue weighted by molar-refractivity contribution is 5.44. The van der Waals surface area contributed by atoms with E-state index in [0.29, 0.717) is 11.4 Å². The van der Waals surface area contributed by atoms with Crippen LogP contribution in [-0.2, 0) is 0 Å². The van der Waals surface area contributed by atoms with Gasteiger partial charge < -0.3 is 15.5 Å². The average molecular weight is 207 g/mol. The smallest absolute Gasteiger partial charge is 0.127 e. The Labute approximate surface area is 88.0 Å².